The summed E-state index contributed by atoms with van der Waals surface area (Å²) < 4.78 is 0. The Labute approximate surface area is 147 Å². The molecule has 0 unspecified atom stereocenters. The van der Waals surface area contributed by atoms with E-state index in [1.807, 2.05) is 61.5 Å². The second-order valence-electron chi connectivity index (χ2n) is 3.35. The van der Waals surface area contributed by atoms with E-state index in [9.17, 15) is 9.59 Å². The molecule has 4 heteroatoms. The summed E-state index contributed by atoms with van der Waals surface area (Å²) in [6.45, 7) is 23.3. The first-order valence-corrected chi connectivity index (χ1v) is 9.07. The van der Waals surface area contributed by atoms with Crippen LogP contribution in [0, 0.1) is 0 Å². The van der Waals surface area contributed by atoms with E-state index < -0.39 is 0 Å². The Balaban J connectivity index is -0.0000000412. The van der Waals surface area contributed by atoms with E-state index in [2.05, 4.69) is 18.8 Å². The van der Waals surface area contributed by atoms with E-state index in [4.69, 9.17) is 0 Å². The van der Waals surface area contributed by atoms with Gasteiger partial charge < -0.3 is 10.2 Å². The molecule has 2 amide bonds. The molecule has 0 aromatic rings. The fourth-order valence-corrected chi connectivity index (χ4v) is 0.609. The smallest absolute Gasteiger partial charge is 0.209 e. The summed E-state index contributed by atoms with van der Waals surface area (Å²) >= 11 is 0. The van der Waals surface area contributed by atoms with Gasteiger partial charge in [0.15, 0.2) is 0 Å². The summed E-state index contributed by atoms with van der Waals surface area (Å²) in [6, 6.07) is 0. The first-order chi connectivity index (χ1) is 11.1. The van der Waals surface area contributed by atoms with E-state index in [0.29, 0.717) is 6.41 Å². The maximum absolute atomic E-state index is 9.82. The minimum atomic E-state index is 0.712. The van der Waals surface area contributed by atoms with Crippen LogP contribution in [0.2, 0.25) is 0 Å². The summed E-state index contributed by atoms with van der Waals surface area (Å²) in [7, 11) is 1.77. The van der Waals surface area contributed by atoms with Crippen LogP contribution in [0.3, 0.4) is 0 Å². The van der Waals surface area contributed by atoms with Gasteiger partial charge >= 0.3 is 0 Å². The van der Waals surface area contributed by atoms with Gasteiger partial charge in [-0.2, -0.15) is 0 Å². The molecular weight excluding hydrogens is 288 g/mol. The van der Waals surface area contributed by atoms with E-state index in [1.165, 1.54) is 0 Å². The van der Waals surface area contributed by atoms with Crippen molar-refractivity contribution >= 4 is 12.8 Å². The molecule has 0 saturated heterocycles. The molecule has 0 saturated carbocycles. The van der Waals surface area contributed by atoms with Crippen LogP contribution < -0.4 is 5.32 Å². The zero-order chi connectivity index (χ0) is 19.9. The molecule has 0 rings (SSSR count). The number of hydrogen-bond donors (Lipinski definition) is 1. The highest BCUT2D eigenvalue weighted by atomic mass is 16.1. The predicted molar refractivity (Wildman–Crippen MR) is 108 cm³/mol. The molecule has 144 valence electrons. The molecule has 0 aliphatic rings. The standard InChI is InChI=1S/C5H11NO.C4H9NO.C4H8.3C2H6/c1-3-4-6(2)5-7;1-2-3-5-4-6;1-3-4-2;3*1-2/h5H,3-4H2,1-2H3;4H,2-3H2,1H3,(H,5,6);3H,1,4H2,2H3;3*1-2H3. The Morgan fingerprint density at radius 1 is 0.913 bits per heavy atom. The van der Waals surface area contributed by atoms with E-state index in [0.717, 1.165) is 38.8 Å². The largest absolute Gasteiger partial charge is 0.359 e. The second-order valence-corrected chi connectivity index (χ2v) is 3.35. The van der Waals surface area contributed by atoms with Crippen molar-refractivity contribution in [2.45, 2.75) is 81.6 Å². The number of nitrogens with zero attached hydrogens (tertiary/aromatic N) is 1. The molecule has 0 aliphatic heterocycles. The van der Waals surface area contributed by atoms with Gasteiger partial charge in [0.25, 0.3) is 0 Å². The van der Waals surface area contributed by atoms with E-state index in [1.54, 1.807) is 11.9 Å². The first-order valence-electron chi connectivity index (χ1n) is 9.07. The van der Waals surface area contributed by atoms with Crippen LogP contribution in [-0.2, 0) is 9.59 Å². The molecule has 0 radical (unpaired) electrons. The van der Waals surface area contributed by atoms with Gasteiger partial charge in [-0.15, -0.1) is 6.58 Å². The van der Waals surface area contributed by atoms with Crippen molar-refractivity contribution in [1.29, 1.82) is 0 Å². The SMILES string of the molecule is C=CCC.CC.CC.CC.CCCN(C)C=O.CCCNC=O. The molecule has 0 fully saturated rings. The summed E-state index contributed by atoms with van der Waals surface area (Å²) in [5.41, 5.74) is 0. The zero-order valence-corrected chi connectivity index (χ0v) is 17.7. The van der Waals surface area contributed by atoms with Crippen molar-refractivity contribution in [2.24, 2.45) is 0 Å². The summed E-state index contributed by atoms with van der Waals surface area (Å²) in [5.74, 6) is 0. The highest BCUT2D eigenvalue weighted by Gasteiger charge is 1.84. The number of carbonyl (C=O) groups excluding carboxylic acids is 2. The Morgan fingerprint density at radius 2 is 1.30 bits per heavy atom. The topological polar surface area (TPSA) is 49.4 Å². The van der Waals surface area contributed by atoms with Crippen molar-refractivity contribution in [2.75, 3.05) is 20.1 Å². The maximum atomic E-state index is 9.82. The van der Waals surface area contributed by atoms with Crippen LogP contribution >= 0.6 is 0 Å². The molecular formula is C19H46N2O2. The van der Waals surface area contributed by atoms with Crippen molar-refractivity contribution in [3.63, 3.8) is 0 Å². The van der Waals surface area contributed by atoms with Crippen molar-refractivity contribution in [3.8, 4) is 0 Å². The average molecular weight is 335 g/mol. The van der Waals surface area contributed by atoms with Gasteiger partial charge in [0, 0.05) is 20.1 Å². The summed E-state index contributed by atoms with van der Waals surface area (Å²) in [4.78, 5) is 20.9. The van der Waals surface area contributed by atoms with E-state index in [-0.39, 0.29) is 0 Å². The van der Waals surface area contributed by atoms with E-state index >= 15 is 0 Å². The Hall–Kier alpha value is -1.32. The number of nitrogens with one attached hydrogen (secondary N) is 1. The average Bonchev–Trinajstić information content (AvgIpc) is 2.65. The summed E-state index contributed by atoms with van der Waals surface area (Å²) in [6.07, 6.45) is 6.56. The van der Waals surface area contributed by atoms with Crippen molar-refractivity contribution in [1.82, 2.24) is 10.2 Å². The van der Waals surface area contributed by atoms with Gasteiger partial charge in [-0.1, -0.05) is 68.4 Å². The van der Waals surface area contributed by atoms with Crippen LogP contribution in [0.5, 0.6) is 0 Å². The van der Waals surface area contributed by atoms with Crippen LogP contribution in [0.1, 0.15) is 81.6 Å². The van der Waals surface area contributed by atoms with Gasteiger partial charge in [0.2, 0.25) is 12.8 Å². The number of amides is 2. The molecule has 0 heterocycles. The third kappa shape index (κ3) is 122. The third-order valence-corrected chi connectivity index (χ3v) is 1.52. The monoisotopic (exact) mass is 334 g/mol. The van der Waals surface area contributed by atoms with Crippen molar-refractivity contribution < 1.29 is 9.59 Å². The molecule has 0 atom stereocenters. The number of allylic oxidation sites excluding steroid dienone is 1. The summed E-state index contributed by atoms with van der Waals surface area (Å²) in [5, 5.41) is 2.52. The molecule has 0 spiro atoms. The van der Waals surface area contributed by atoms with Gasteiger partial charge in [-0.25, -0.2) is 0 Å². The third-order valence-electron chi connectivity index (χ3n) is 1.52. The number of rotatable bonds is 7. The van der Waals surface area contributed by atoms with Gasteiger partial charge in [-0.3, -0.25) is 9.59 Å². The Morgan fingerprint density at radius 3 is 1.39 bits per heavy atom. The van der Waals surface area contributed by atoms with Crippen LogP contribution in [0.4, 0.5) is 0 Å². The highest BCUT2D eigenvalue weighted by molar-refractivity contribution is 5.46. The Kier molecular flexibility index (Phi) is 115. The van der Waals surface area contributed by atoms with Gasteiger partial charge in [0.05, 0.1) is 0 Å². The number of hydrogen-bond acceptors (Lipinski definition) is 2. The van der Waals surface area contributed by atoms with Crippen molar-refractivity contribution in [3.05, 3.63) is 12.7 Å². The minimum absolute atomic E-state index is 0.712. The lowest BCUT2D eigenvalue weighted by molar-refractivity contribution is -0.117. The number of carbonyl (C=O) groups is 2. The Bertz CT molecular complexity index is 163. The van der Waals surface area contributed by atoms with Crippen LogP contribution in [0.25, 0.3) is 0 Å². The molecule has 0 bridgehead atoms. The lowest BCUT2D eigenvalue weighted by atomic mass is 10.5. The molecule has 0 aromatic carbocycles. The lowest BCUT2D eigenvalue weighted by Crippen LogP contribution is -2.15. The van der Waals surface area contributed by atoms with Crippen LogP contribution in [-0.4, -0.2) is 37.9 Å². The highest BCUT2D eigenvalue weighted by Crippen LogP contribution is 1.77. The molecule has 23 heavy (non-hydrogen) atoms. The fraction of sp³-hybridized carbons (Fsp3) is 0.789. The minimum Gasteiger partial charge on any atom is -0.359 e. The second kappa shape index (κ2) is 70.2. The fourth-order valence-electron chi connectivity index (χ4n) is 0.609. The molecule has 1 N–H and O–H groups in total. The molecule has 0 aliphatic carbocycles. The predicted octanol–water partition coefficient (Wildman–Crippen LogP) is 5.29. The first kappa shape index (κ1) is 37.7. The van der Waals surface area contributed by atoms with Gasteiger partial charge in [-0.05, 0) is 19.3 Å². The van der Waals surface area contributed by atoms with Gasteiger partial charge in [0.1, 0.15) is 0 Å². The quantitative estimate of drug-likeness (QED) is 0.391. The zero-order valence-electron chi connectivity index (χ0n) is 17.7. The lowest BCUT2D eigenvalue weighted by Gasteiger charge is -2.05. The molecule has 4 nitrogen and oxygen atoms in total. The van der Waals surface area contributed by atoms with Crippen LogP contribution in [0.15, 0.2) is 12.7 Å². The maximum Gasteiger partial charge on any atom is 0.209 e. The molecule has 0 aromatic heterocycles. The normalized spacial score (nSPS) is 6.35.